The van der Waals surface area contributed by atoms with Crippen LogP contribution in [0.4, 0.5) is 5.69 Å². The van der Waals surface area contributed by atoms with Crippen LogP contribution < -0.4 is 9.64 Å². The molecule has 0 radical (unpaired) electrons. The SMILES string of the molecule is COC(=O)C1CN(C(=O)CCN2C(=O)CCC2=O)c2ccccc2O1. The Kier molecular flexibility index (Phi) is 4.69. The van der Waals surface area contributed by atoms with E-state index in [0.29, 0.717) is 11.4 Å². The number of ether oxygens (including phenoxy) is 2. The average molecular weight is 346 g/mol. The molecule has 1 unspecified atom stereocenters. The number of carbonyl (C=O) groups is 4. The molecule has 0 N–H and O–H groups in total. The number of rotatable bonds is 4. The number of benzene rings is 1. The molecule has 1 fully saturated rings. The Bertz CT molecular complexity index is 716. The molecule has 2 aliphatic rings. The van der Waals surface area contributed by atoms with Crippen molar-refractivity contribution in [3.63, 3.8) is 0 Å². The Morgan fingerprint density at radius 2 is 1.88 bits per heavy atom. The Balaban J connectivity index is 1.75. The Labute approximate surface area is 144 Å². The fraction of sp³-hybridized carbons (Fsp3) is 0.412. The molecule has 2 aliphatic heterocycles. The molecule has 0 aromatic heterocycles. The molecular formula is C17H18N2O6. The van der Waals surface area contributed by atoms with Crippen molar-refractivity contribution < 1.29 is 28.7 Å². The summed E-state index contributed by atoms with van der Waals surface area (Å²) in [5.74, 6) is -0.972. The number of methoxy groups -OCH3 is 1. The van der Waals surface area contributed by atoms with Gasteiger partial charge in [0.1, 0.15) is 5.75 Å². The molecule has 1 aromatic rings. The normalized spacial score (nSPS) is 19.5. The summed E-state index contributed by atoms with van der Waals surface area (Å²) < 4.78 is 10.3. The summed E-state index contributed by atoms with van der Waals surface area (Å²) in [6.45, 7) is 0.0589. The van der Waals surface area contributed by atoms with Crippen LogP contribution in [0.25, 0.3) is 0 Å². The number of carbonyl (C=O) groups excluding carboxylic acids is 4. The fourth-order valence-electron chi connectivity index (χ4n) is 2.94. The molecule has 2 heterocycles. The second-order valence-corrected chi connectivity index (χ2v) is 5.79. The highest BCUT2D eigenvalue weighted by Gasteiger charge is 2.35. The molecule has 3 amide bonds. The number of nitrogens with zero attached hydrogens (tertiary/aromatic N) is 2. The van der Waals surface area contributed by atoms with Crippen molar-refractivity contribution in [1.29, 1.82) is 0 Å². The third-order valence-corrected chi connectivity index (χ3v) is 4.24. The van der Waals surface area contributed by atoms with Crippen LogP contribution in [0.15, 0.2) is 24.3 Å². The molecule has 0 aliphatic carbocycles. The lowest BCUT2D eigenvalue weighted by Gasteiger charge is -2.33. The number of likely N-dealkylation sites (tertiary alicyclic amines) is 1. The second kappa shape index (κ2) is 6.92. The van der Waals surface area contributed by atoms with E-state index in [1.807, 2.05) is 0 Å². The first kappa shape index (κ1) is 16.9. The molecular weight excluding hydrogens is 328 g/mol. The number of esters is 1. The van der Waals surface area contributed by atoms with Gasteiger partial charge in [-0.15, -0.1) is 0 Å². The van der Waals surface area contributed by atoms with Gasteiger partial charge in [-0.2, -0.15) is 0 Å². The lowest BCUT2D eigenvalue weighted by atomic mass is 10.1. The fourth-order valence-corrected chi connectivity index (χ4v) is 2.94. The Morgan fingerprint density at radius 1 is 1.20 bits per heavy atom. The van der Waals surface area contributed by atoms with E-state index in [9.17, 15) is 19.2 Å². The predicted octanol–water partition coefficient (Wildman–Crippen LogP) is 0.493. The number of fused-ring (bicyclic) bond motifs is 1. The molecule has 8 nitrogen and oxygen atoms in total. The molecule has 1 atom stereocenters. The van der Waals surface area contributed by atoms with E-state index in [-0.39, 0.29) is 50.1 Å². The molecule has 0 bridgehead atoms. The number of imide groups is 1. The summed E-state index contributed by atoms with van der Waals surface area (Å²) in [6.07, 6.45) is -0.547. The van der Waals surface area contributed by atoms with E-state index < -0.39 is 12.1 Å². The minimum absolute atomic E-state index is 0.0142. The van der Waals surface area contributed by atoms with Crippen LogP contribution in [0, 0.1) is 0 Å². The van der Waals surface area contributed by atoms with Crippen LogP contribution >= 0.6 is 0 Å². The highest BCUT2D eigenvalue weighted by molar-refractivity contribution is 6.03. The molecule has 132 valence electrons. The first-order valence-electron chi connectivity index (χ1n) is 7.98. The van der Waals surface area contributed by atoms with Gasteiger partial charge in [0.25, 0.3) is 0 Å². The second-order valence-electron chi connectivity index (χ2n) is 5.79. The largest absolute Gasteiger partial charge is 0.475 e. The van der Waals surface area contributed by atoms with Gasteiger partial charge in [-0.25, -0.2) is 4.79 Å². The van der Waals surface area contributed by atoms with Crippen LogP contribution in [0.2, 0.25) is 0 Å². The number of amides is 3. The third kappa shape index (κ3) is 3.33. The minimum Gasteiger partial charge on any atom is -0.475 e. The van der Waals surface area contributed by atoms with Crippen molar-refractivity contribution in [2.45, 2.75) is 25.4 Å². The molecule has 3 rings (SSSR count). The number of hydrogen-bond acceptors (Lipinski definition) is 6. The molecule has 25 heavy (non-hydrogen) atoms. The van der Waals surface area contributed by atoms with E-state index in [2.05, 4.69) is 0 Å². The van der Waals surface area contributed by atoms with E-state index in [1.165, 1.54) is 12.0 Å². The summed E-state index contributed by atoms with van der Waals surface area (Å²) in [6, 6.07) is 6.88. The number of para-hydroxylation sites is 2. The standard InChI is InChI=1S/C17H18N2O6/c1-24-17(23)13-10-19(11-4-2-3-5-12(11)25-13)16(22)8-9-18-14(20)6-7-15(18)21/h2-5,13H,6-10H2,1H3. The van der Waals surface area contributed by atoms with E-state index in [1.54, 1.807) is 24.3 Å². The summed E-state index contributed by atoms with van der Waals surface area (Å²) in [5, 5.41) is 0. The number of hydrogen-bond donors (Lipinski definition) is 0. The van der Waals surface area contributed by atoms with Crippen molar-refractivity contribution >= 4 is 29.4 Å². The quantitative estimate of drug-likeness (QED) is 0.582. The Morgan fingerprint density at radius 3 is 2.56 bits per heavy atom. The monoisotopic (exact) mass is 346 g/mol. The summed E-state index contributed by atoms with van der Waals surface area (Å²) in [5.41, 5.74) is 0.548. The molecule has 1 aromatic carbocycles. The topological polar surface area (TPSA) is 93.2 Å². The van der Waals surface area contributed by atoms with Gasteiger partial charge in [0.15, 0.2) is 0 Å². The van der Waals surface area contributed by atoms with Crippen molar-refractivity contribution in [2.75, 3.05) is 25.1 Å². The summed E-state index contributed by atoms with van der Waals surface area (Å²) >= 11 is 0. The molecule has 0 saturated carbocycles. The maximum absolute atomic E-state index is 12.7. The smallest absolute Gasteiger partial charge is 0.348 e. The van der Waals surface area contributed by atoms with Crippen molar-refractivity contribution in [2.24, 2.45) is 0 Å². The van der Waals surface area contributed by atoms with Crippen LogP contribution in [-0.2, 0) is 23.9 Å². The van der Waals surface area contributed by atoms with Gasteiger partial charge in [0, 0.05) is 25.8 Å². The zero-order chi connectivity index (χ0) is 18.0. The van der Waals surface area contributed by atoms with E-state index in [4.69, 9.17) is 9.47 Å². The van der Waals surface area contributed by atoms with Gasteiger partial charge >= 0.3 is 5.97 Å². The van der Waals surface area contributed by atoms with Crippen molar-refractivity contribution in [1.82, 2.24) is 4.90 Å². The highest BCUT2D eigenvalue weighted by Crippen LogP contribution is 2.33. The predicted molar refractivity (Wildman–Crippen MR) is 85.8 cm³/mol. The highest BCUT2D eigenvalue weighted by atomic mass is 16.6. The first-order chi connectivity index (χ1) is 12.0. The lowest BCUT2D eigenvalue weighted by molar-refractivity contribution is -0.148. The van der Waals surface area contributed by atoms with E-state index >= 15 is 0 Å². The van der Waals surface area contributed by atoms with Crippen LogP contribution in [0.3, 0.4) is 0 Å². The minimum atomic E-state index is -0.918. The summed E-state index contributed by atoms with van der Waals surface area (Å²) in [7, 11) is 1.25. The van der Waals surface area contributed by atoms with Gasteiger partial charge in [0.05, 0.1) is 19.3 Å². The van der Waals surface area contributed by atoms with Crippen molar-refractivity contribution in [3.05, 3.63) is 24.3 Å². The van der Waals surface area contributed by atoms with Gasteiger partial charge in [-0.3, -0.25) is 19.3 Å². The zero-order valence-corrected chi connectivity index (χ0v) is 13.8. The maximum Gasteiger partial charge on any atom is 0.348 e. The van der Waals surface area contributed by atoms with E-state index in [0.717, 1.165) is 4.90 Å². The van der Waals surface area contributed by atoms with Gasteiger partial charge in [-0.1, -0.05) is 12.1 Å². The maximum atomic E-state index is 12.7. The molecule has 1 saturated heterocycles. The van der Waals surface area contributed by atoms with Gasteiger partial charge in [0.2, 0.25) is 23.8 Å². The van der Waals surface area contributed by atoms with Gasteiger partial charge in [-0.05, 0) is 12.1 Å². The number of anilines is 1. The Hall–Kier alpha value is -2.90. The first-order valence-corrected chi connectivity index (χ1v) is 7.98. The molecule has 0 spiro atoms. The van der Waals surface area contributed by atoms with Crippen LogP contribution in [0.1, 0.15) is 19.3 Å². The zero-order valence-electron chi connectivity index (χ0n) is 13.8. The van der Waals surface area contributed by atoms with Crippen LogP contribution in [0.5, 0.6) is 5.75 Å². The van der Waals surface area contributed by atoms with Crippen molar-refractivity contribution in [3.8, 4) is 5.75 Å². The van der Waals surface area contributed by atoms with Gasteiger partial charge < -0.3 is 14.4 Å². The third-order valence-electron chi connectivity index (χ3n) is 4.24. The summed E-state index contributed by atoms with van der Waals surface area (Å²) in [4.78, 5) is 50.3. The van der Waals surface area contributed by atoms with Crippen LogP contribution in [-0.4, -0.2) is 54.9 Å². The lowest BCUT2D eigenvalue weighted by Crippen LogP contribution is -2.48. The molecule has 8 heteroatoms. The average Bonchev–Trinajstić information content (AvgIpc) is 2.95.